The molecule has 0 unspecified atom stereocenters. The zero-order valence-corrected chi connectivity index (χ0v) is 11.3. The Morgan fingerprint density at radius 3 is 2.71 bits per heavy atom. The first-order chi connectivity index (χ1) is 7.88. The van der Waals surface area contributed by atoms with Crippen molar-refractivity contribution < 1.29 is 8.42 Å². The Hall–Kier alpha value is -0.880. The number of H-pyrrole nitrogens is 1. The average Bonchev–Trinajstić information content (AvgIpc) is 2.83. The first-order valence-electron chi connectivity index (χ1n) is 5.94. The van der Waals surface area contributed by atoms with Gasteiger partial charge in [0.15, 0.2) is 5.03 Å². The molecule has 0 aliphatic carbocycles. The van der Waals surface area contributed by atoms with Gasteiger partial charge in [0.05, 0.1) is 6.20 Å². The van der Waals surface area contributed by atoms with Crippen molar-refractivity contribution in [2.24, 2.45) is 0 Å². The molecule has 0 bridgehead atoms. The number of aromatic amines is 1. The second kappa shape index (κ2) is 4.10. The highest BCUT2D eigenvalue weighted by Gasteiger charge is 2.41. The minimum atomic E-state index is -3.42. The largest absolute Gasteiger partial charge is 0.332 e. The van der Waals surface area contributed by atoms with Crippen molar-refractivity contribution in [1.82, 2.24) is 14.3 Å². The summed E-state index contributed by atoms with van der Waals surface area (Å²) in [6, 6.07) is 0. The molecular formula is C11H19N3O2S. The van der Waals surface area contributed by atoms with Gasteiger partial charge in [-0.25, -0.2) is 13.4 Å². The van der Waals surface area contributed by atoms with Crippen LogP contribution in [-0.4, -0.2) is 34.8 Å². The van der Waals surface area contributed by atoms with Gasteiger partial charge in [0, 0.05) is 18.5 Å². The molecular weight excluding hydrogens is 238 g/mol. The minimum Gasteiger partial charge on any atom is -0.332 e. The summed E-state index contributed by atoms with van der Waals surface area (Å²) >= 11 is 0. The highest BCUT2D eigenvalue weighted by molar-refractivity contribution is 7.89. The van der Waals surface area contributed by atoms with Gasteiger partial charge in [-0.1, -0.05) is 6.92 Å². The van der Waals surface area contributed by atoms with E-state index in [1.54, 1.807) is 4.31 Å². The van der Waals surface area contributed by atoms with Crippen LogP contribution in [0.25, 0.3) is 0 Å². The molecule has 0 saturated carbocycles. The van der Waals surface area contributed by atoms with E-state index in [1.165, 1.54) is 6.20 Å². The van der Waals surface area contributed by atoms with E-state index in [-0.39, 0.29) is 10.6 Å². The molecule has 0 amide bonds. The molecule has 6 heteroatoms. The molecule has 0 spiro atoms. The van der Waals surface area contributed by atoms with E-state index in [2.05, 4.69) is 9.97 Å². The number of imidazole rings is 1. The maximum absolute atomic E-state index is 12.4. The average molecular weight is 257 g/mol. The lowest BCUT2D eigenvalue weighted by Crippen LogP contribution is -2.42. The molecule has 0 aromatic carbocycles. The third-order valence-electron chi connectivity index (χ3n) is 3.33. The van der Waals surface area contributed by atoms with Gasteiger partial charge in [0.25, 0.3) is 10.0 Å². The van der Waals surface area contributed by atoms with Crippen LogP contribution in [-0.2, 0) is 16.4 Å². The fourth-order valence-electron chi connectivity index (χ4n) is 2.30. The summed E-state index contributed by atoms with van der Waals surface area (Å²) in [5.41, 5.74) is -0.295. The Labute approximate surface area is 102 Å². The third kappa shape index (κ3) is 2.11. The number of hydrogen-bond acceptors (Lipinski definition) is 3. The van der Waals surface area contributed by atoms with Gasteiger partial charge in [0.1, 0.15) is 5.82 Å². The van der Waals surface area contributed by atoms with Gasteiger partial charge >= 0.3 is 0 Å². The summed E-state index contributed by atoms with van der Waals surface area (Å²) in [7, 11) is -3.42. The predicted molar refractivity (Wildman–Crippen MR) is 65.2 cm³/mol. The first kappa shape index (κ1) is 12.6. The monoisotopic (exact) mass is 257 g/mol. The molecule has 1 N–H and O–H groups in total. The molecule has 1 fully saturated rings. The van der Waals surface area contributed by atoms with E-state index >= 15 is 0 Å². The van der Waals surface area contributed by atoms with Crippen LogP contribution in [0.5, 0.6) is 0 Å². The van der Waals surface area contributed by atoms with E-state index in [9.17, 15) is 8.42 Å². The zero-order valence-electron chi connectivity index (χ0n) is 10.5. The summed E-state index contributed by atoms with van der Waals surface area (Å²) in [5.74, 6) is 0.709. The lowest BCUT2D eigenvalue weighted by atomic mass is 10.0. The fourth-order valence-corrected chi connectivity index (χ4v) is 4.08. The Morgan fingerprint density at radius 2 is 2.24 bits per heavy atom. The molecule has 1 aliphatic rings. The lowest BCUT2D eigenvalue weighted by Gasteiger charge is -2.29. The molecule has 1 aliphatic heterocycles. The molecule has 0 atom stereocenters. The van der Waals surface area contributed by atoms with Crippen molar-refractivity contribution in [3.63, 3.8) is 0 Å². The maximum atomic E-state index is 12.4. The van der Waals surface area contributed by atoms with Crippen LogP contribution in [0.2, 0.25) is 0 Å². The second-order valence-electron chi connectivity index (χ2n) is 5.04. The summed E-state index contributed by atoms with van der Waals surface area (Å²) in [6.07, 6.45) is 3.95. The summed E-state index contributed by atoms with van der Waals surface area (Å²) in [6.45, 7) is 6.47. The van der Waals surface area contributed by atoms with Crippen LogP contribution in [0.3, 0.4) is 0 Å². The molecule has 17 heavy (non-hydrogen) atoms. The molecule has 1 saturated heterocycles. The quantitative estimate of drug-likeness (QED) is 0.893. The van der Waals surface area contributed by atoms with Crippen LogP contribution in [0.1, 0.15) is 39.4 Å². The van der Waals surface area contributed by atoms with Gasteiger partial charge in [-0.05, 0) is 26.7 Å². The van der Waals surface area contributed by atoms with Crippen molar-refractivity contribution >= 4 is 10.0 Å². The summed E-state index contributed by atoms with van der Waals surface area (Å²) in [5, 5.41) is 0.212. The van der Waals surface area contributed by atoms with Gasteiger partial charge in [-0.3, -0.25) is 0 Å². The smallest absolute Gasteiger partial charge is 0.260 e. The van der Waals surface area contributed by atoms with Crippen molar-refractivity contribution in [3.8, 4) is 0 Å². The number of nitrogens with one attached hydrogen (secondary N) is 1. The van der Waals surface area contributed by atoms with Crippen LogP contribution < -0.4 is 0 Å². The molecule has 0 radical (unpaired) electrons. The first-order valence-corrected chi connectivity index (χ1v) is 7.38. The summed E-state index contributed by atoms with van der Waals surface area (Å²) in [4.78, 5) is 6.94. The van der Waals surface area contributed by atoms with E-state index in [0.29, 0.717) is 18.8 Å². The fraction of sp³-hybridized carbons (Fsp3) is 0.727. The highest BCUT2D eigenvalue weighted by Crippen LogP contribution is 2.33. The van der Waals surface area contributed by atoms with Crippen LogP contribution in [0, 0.1) is 0 Å². The van der Waals surface area contributed by atoms with Crippen LogP contribution in [0.4, 0.5) is 0 Å². The van der Waals surface area contributed by atoms with E-state index in [0.717, 1.165) is 12.8 Å². The lowest BCUT2D eigenvalue weighted by molar-refractivity contribution is 0.291. The number of sulfonamides is 1. The van der Waals surface area contributed by atoms with Crippen molar-refractivity contribution in [1.29, 1.82) is 0 Å². The number of aryl methyl sites for hydroxylation is 1. The second-order valence-corrected chi connectivity index (χ2v) is 6.87. The van der Waals surface area contributed by atoms with Crippen LogP contribution in [0.15, 0.2) is 11.2 Å². The molecule has 5 nitrogen and oxygen atoms in total. The Bertz CT molecular complexity index is 505. The number of rotatable bonds is 3. The van der Waals surface area contributed by atoms with Crippen molar-refractivity contribution in [2.45, 2.75) is 50.6 Å². The molecule has 2 heterocycles. The number of hydrogen-bond donors (Lipinski definition) is 1. The Balaban J connectivity index is 2.36. The SMILES string of the molecule is CCc1ncc(S(=O)(=O)N2CCCC2(C)C)[nH]1. The van der Waals surface area contributed by atoms with E-state index in [1.807, 2.05) is 20.8 Å². The van der Waals surface area contributed by atoms with E-state index in [4.69, 9.17) is 0 Å². The highest BCUT2D eigenvalue weighted by atomic mass is 32.2. The van der Waals surface area contributed by atoms with Crippen LogP contribution >= 0.6 is 0 Å². The minimum absolute atomic E-state index is 0.212. The Morgan fingerprint density at radius 1 is 1.53 bits per heavy atom. The van der Waals surface area contributed by atoms with E-state index < -0.39 is 10.0 Å². The summed E-state index contributed by atoms with van der Waals surface area (Å²) < 4.78 is 26.4. The molecule has 2 rings (SSSR count). The van der Waals surface area contributed by atoms with Crippen molar-refractivity contribution in [3.05, 3.63) is 12.0 Å². The zero-order chi connectivity index (χ0) is 12.7. The standard InChI is InChI=1S/C11H19N3O2S/c1-4-9-12-8-10(13-9)17(15,16)14-7-5-6-11(14,2)3/h8H,4-7H2,1-3H3,(H,12,13). The number of aromatic nitrogens is 2. The van der Waals surface area contributed by atoms with Gasteiger partial charge in [-0.15, -0.1) is 0 Å². The van der Waals surface area contributed by atoms with Gasteiger partial charge in [-0.2, -0.15) is 4.31 Å². The third-order valence-corrected chi connectivity index (χ3v) is 5.35. The molecule has 1 aromatic heterocycles. The normalized spacial score (nSPS) is 20.9. The predicted octanol–water partition coefficient (Wildman–Crippen LogP) is 1.54. The molecule has 1 aromatic rings. The van der Waals surface area contributed by atoms with Crippen molar-refractivity contribution in [2.75, 3.05) is 6.54 Å². The maximum Gasteiger partial charge on any atom is 0.260 e. The van der Waals surface area contributed by atoms with Gasteiger partial charge < -0.3 is 4.98 Å². The van der Waals surface area contributed by atoms with Gasteiger partial charge in [0.2, 0.25) is 0 Å². The number of nitrogens with zero attached hydrogens (tertiary/aromatic N) is 2. The topological polar surface area (TPSA) is 66.1 Å². The Kier molecular flexibility index (Phi) is 3.03. The molecule has 96 valence electrons.